The van der Waals surface area contributed by atoms with Gasteiger partial charge in [0.05, 0.1) is 11.7 Å². The number of nitrogens with zero attached hydrogens (tertiary/aromatic N) is 1. The molecule has 0 saturated heterocycles. The van der Waals surface area contributed by atoms with Crippen molar-refractivity contribution in [2.75, 3.05) is 6.54 Å². The van der Waals surface area contributed by atoms with Crippen molar-refractivity contribution in [3.05, 3.63) is 29.8 Å². The van der Waals surface area contributed by atoms with Gasteiger partial charge in [0.1, 0.15) is 5.82 Å². The Morgan fingerprint density at radius 1 is 1.71 bits per heavy atom. The first-order valence-electron chi connectivity index (χ1n) is 4.56. The summed E-state index contributed by atoms with van der Waals surface area (Å²) in [6.07, 6.45) is 7.22. The topological polar surface area (TPSA) is 24.9 Å². The van der Waals surface area contributed by atoms with Crippen LogP contribution < -0.4 is 5.32 Å². The molecule has 2 nitrogen and oxygen atoms in total. The summed E-state index contributed by atoms with van der Waals surface area (Å²) < 4.78 is 13.3. The number of halogens is 1. The highest BCUT2D eigenvalue weighted by atomic mass is 19.1. The monoisotopic (exact) mass is 192 g/mol. The van der Waals surface area contributed by atoms with Gasteiger partial charge in [-0.15, -0.1) is 12.3 Å². The lowest BCUT2D eigenvalue weighted by Gasteiger charge is -2.14. The average molecular weight is 192 g/mol. The molecule has 0 spiro atoms. The van der Waals surface area contributed by atoms with Crippen LogP contribution >= 0.6 is 0 Å². The SMILES string of the molecule is C#CCC(NCC)c1ncccc1F. The van der Waals surface area contributed by atoms with E-state index in [1.54, 1.807) is 12.3 Å². The zero-order valence-corrected chi connectivity index (χ0v) is 8.13. The van der Waals surface area contributed by atoms with Crippen LogP contribution in [0.2, 0.25) is 0 Å². The van der Waals surface area contributed by atoms with Crippen molar-refractivity contribution in [3.63, 3.8) is 0 Å². The van der Waals surface area contributed by atoms with Crippen molar-refractivity contribution >= 4 is 0 Å². The summed E-state index contributed by atoms with van der Waals surface area (Å²) in [5.41, 5.74) is 0.396. The third-order valence-electron chi connectivity index (χ3n) is 1.89. The van der Waals surface area contributed by atoms with Gasteiger partial charge >= 0.3 is 0 Å². The molecular weight excluding hydrogens is 179 g/mol. The Morgan fingerprint density at radius 3 is 3.07 bits per heavy atom. The van der Waals surface area contributed by atoms with Gasteiger partial charge in [-0.25, -0.2) is 4.39 Å². The van der Waals surface area contributed by atoms with E-state index in [0.29, 0.717) is 12.1 Å². The van der Waals surface area contributed by atoms with E-state index in [2.05, 4.69) is 16.2 Å². The van der Waals surface area contributed by atoms with Crippen molar-refractivity contribution in [3.8, 4) is 12.3 Å². The van der Waals surface area contributed by atoms with Gasteiger partial charge < -0.3 is 5.32 Å². The molecule has 1 unspecified atom stereocenters. The Morgan fingerprint density at radius 2 is 2.50 bits per heavy atom. The minimum Gasteiger partial charge on any atom is -0.308 e. The molecular formula is C11H13FN2. The summed E-state index contributed by atoms with van der Waals surface area (Å²) in [5, 5.41) is 3.10. The fraction of sp³-hybridized carbons (Fsp3) is 0.364. The van der Waals surface area contributed by atoms with Gasteiger partial charge in [-0.1, -0.05) is 6.92 Å². The molecule has 0 aromatic carbocycles. The second-order valence-corrected chi connectivity index (χ2v) is 2.89. The van der Waals surface area contributed by atoms with E-state index in [1.165, 1.54) is 6.07 Å². The smallest absolute Gasteiger partial charge is 0.146 e. The lowest BCUT2D eigenvalue weighted by Crippen LogP contribution is -2.22. The Hall–Kier alpha value is -1.40. The molecule has 1 N–H and O–H groups in total. The minimum absolute atomic E-state index is 0.189. The van der Waals surface area contributed by atoms with Gasteiger partial charge in [0.15, 0.2) is 0 Å². The maximum atomic E-state index is 13.3. The normalized spacial score (nSPS) is 12.1. The molecule has 0 amide bonds. The Kier molecular flexibility index (Phi) is 4.09. The van der Waals surface area contributed by atoms with Crippen LogP contribution in [0.25, 0.3) is 0 Å². The predicted octanol–water partition coefficient (Wildman–Crippen LogP) is 1.89. The summed E-state index contributed by atoms with van der Waals surface area (Å²) in [6.45, 7) is 2.69. The molecule has 1 atom stereocenters. The standard InChI is InChI=1S/C11H13FN2/c1-3-6-10(13-4-2)11-9(12)7-5-8-14-11/h1,5,7-8,10,13H,4,6H2,2H3. The van der Waals surface area contributed by atoms with Crippen molar-refractivity contribution in [2.24, 2.45) is 0 Å². The molecule has 1 aromatic heterocycles. The van der Waals surface area contributed by atoms with Gasteiger partial charge in [-0.05, 0) is 18.7 Å². The molecule has 0 saturated carbocycles. The molecule has 14 heavy (non-hydrogen) atoms. The number of rotatable bonds is 4. The lowest BCUT2D eigenvalue weighted by atomic mass is 10.1. The first-order chi connectivity index (χ1) is 6.79. The van der Waals surface area contributed by atoms with E-state index in [1.807, 2.05) is 6.92 Å². The zero-order chi connectivity index (χ0) is 10.4. The first-order valence-corrected chi connectivity index (χ1v) is 4.56. The predicted molar refractivity (Wildman–Crippen MR) is 54.1 cm³/mol. The van der Waals surface area contributed by atoms with E-state index in [4.69, 9.17) is 6.42 Å². The molecule has 3 heteroatoms. The summed E-state index contributed by atoms with van der Waals surface area (Å²) in [7, 11) is 0. The summed E-state index contributed by atoms with van der Waals surface area (Å²) in [6, 6.07) is 2.77. The molecule has 0 fully saturated rings. The third-order valence-corrected chi connectivity index (χ3v) is 1.89. The molecule has 0 aliphatic rings. The third kappa shape index (κ3) is 2.54. The second-order valence-electron chi connectivity index (χ2n) is 2.89. The van der Waals surface area contributed by atoms with Crippen LogP contribution in [0.5, 0.6) is 0 Å². The van der Waals surface area contributed by atoms with Crippen LogP contribution in [0.4, 0.5) is 4.39 Å². The highest BCUT2D eigenvalue weighted by molar-refractivity contribution is 5.13. The fourth-order valence-corrected chi connectivity index (χ4v) is 1.28. The van der Waals surface area contributed by atoms with Gasteiger partial charge in [-0.3, -0.25) is 4.98 Å². The van der Waals surface area contributed by atoms with E-state index in [-0.39, 0.29) is 11.9 Å². The Balaban J connectivity index is 2.88. The number of pyridine rings is 1. The van der Waals surface area contributed by atoms with Crippen molar-refractivity contribution < 1.29 is 4.39 Å². The van der Waals surface area contributed by atoms with Crippen LogP contribution in [0.15, 0.2) is 18.3 Å². The molecule has 0 radical (unpaired) electrons. The average Bonchev–Trinajstić information content (AvgIpc) is 2.18. The molecule has 0 bridgehead atoms. The molecule has 1 heterocycles. The molecule has 1 rings (SSSR count). The Labute approximate surface area is 83.6 Å². The van der Waals surface area contributed by atoms with Gasteiger partial charge in [0.2, 0.25) is 0 Å². The van der Waals surface area contributed by atoms with Crippen LogP contribution in [-0.4, -0.2) is 11.5 Å². The van der Waals surface area contributed by atoms with Crippen molar-refractivity contribution in [1.82, 2.24) is 10.3 Å². The highest BCUT2D eigenvalue weighted by Gasteiger charge is 2.14. The van der Waals surface area contributed by atoms with Gasteiger partial charge in [-0.2, -0.15) is 0 Å². The number of hydrogen-bond acceptors (Lipinski definition) is 2. The largest absolute Gasteiger partial charge is 0.308 e. The van der Waals surface area contributed by atoms with E-state index in [9.17, 15) is 4.39 Å². The van der Waals surface area contributed by atoms with Crippen molar-refractivity contribution in [1.29, 1.82) is 0 Å². The quantitative estimate of drug-likeness (QED) is 0.737. The lowest BCUT2D eigenvalue weighted by molar-refractivity contribution is 0.504. The minimum atomic E-state index is -0.311. The summed E-state index contributed by atoms with van der Waals surface area (Å²) >= 11 is 0. The van der Waals surface area contributed by atoms with Crippen LogP contribution in [0.1, 0.15) is 25.1 Å². The summed E-state index contributed by atoms with van der Waals surface area (Å²) in [4.78, 5) is 3.98. The molecule has 1 aromatic rings. The number of nitrogens with one attached hydrogen (secondary N) is 1. The zero-order valence-electron chi connectivity index (χ0n) is 8.13. The highest BCUT2D eigenvalue weighted by Crippen LogP contribution is 2.16. The molecule has 0 aliphatic carbocycles. The van der Waals surface area contributed by atoms with Crippen LogP contribution in [0, 0.1) is 18.2 Å². The maximum absolute atomic E-state index is 13.3. The molecule has 0 aliphatic heterocycles. The number of aromatic nitrogens is 1. The maximum Gasteiger partial charge on any atom is 0.146 e. The second kappa shape index (κ2) is 5.36. The van der Waals surface area contributed by atoms with Gasteiger partial charge in [0.25, 0.3) is 0 Å². The van der Waals surface area contributed by atoms with Crippen LogP contribution in [0.3, 0.4) is 0 Å². The van der Waals surface area contributed by atoms with E-state index >= 15 is 0 Å². The van der Waals surface area contributed by atoms with Gasteiger partial charge in [0, 0.05) is 12.6 Å². The van der Waals surface area contributed by atoms with Crippen molar-refractivity contribution in [2.45, 2.75) is 19.4 Å². The molecule has 74 valence electrons. The van der Waals surface area contributed by atoms with E-state index in [0.717, 1.165) is 6.54 Å². The Bertz CT molecular complexity index is 330. The number of hydrogen-bond donors (Lipinski definition) is 1. The number of terminal acetylenes is 1. The summed E-state index contributed by atoms with van der Waals surface area (Å²) in [5.74, 6) is 2.20. The first kappa shape index (κ1) is 10.7. The fourth-order valence-electron chi connectivity index (χ4n) is 1.28. The van der Waals surface area contributed by atoms with Crippen LogP contribution in [-0.2, 0) is 0 Å². The van der Waals surface area contributed by atoms with E-state index < -0.39 is 0 Å².